The molecule has 0 heterocycles. The first-order valence-corrected chi connectivity index (χ1v) is 11.0. The maximum atomic E-state index is 12.9. The summed E-state index contributed by atoms with van der Waals surface area (Å²) in [6.07, 6.45) is -4.23. The van der Waals surface area contributed by atoms with Gasteiger partial charge >= 0.3 is 6.18 Å². The van der Waals surface area contributed by atoms with E-state index in [1.807, 2.05) is 20.8 Å². The number of hydrogen-bond acceptors (Lipinski definition) is 0. The first-order chi connectivity index (χ1) is 13.7. The predicted octanol–water partition coefficient (Wildman–Crippen LogP) is 9.11. The molecule has 0 amide bonds. The summed E-state index contributed by atoms with van der Waals surface area (Å²) >= 11 is 0. The predicted molar refractivity (Wildman–Crippen MR) is 128 cm³/mol. The zero-order chi connectivity index (χ0) is 24.5. The van der Waals surface area contributed by atoms with Gasteiger partial charge < -0.3 is 0 Å². The molecule has 2 aromatic rings. The SMILES string of the molecule is CC(C)(C)c1ccc(C(C)(C)C(F)(F)F)cc1.CC(C)(C)c1ccc(C(C)(C)C)cc1. The molecule has 0 radical (unpaired) electrons. The van der Waals surface area contributed by atoms with Crippen LogP contribution in [0, 0.1) is 0 Å². The first kappa shape index (κ1) is 27.3. The van der Waals surface area contributed by atoms with E-state index in [9.17, 15) is 13.2 Å². The summed E-state index contributed by atoms with van der Waals surface area (Å²) in [7, 11) is 0. The summed E-state index contributed by atoms with van der Waals surface area (Å²) in [4.78, 5) is 0. The van der Waals surface area contributed by atoms with Crippen LogP contribution in [0.15, 0.2) is 48.5 Å². The molecule has 2 rings (SSSR count). The van der Waals surface area contributed by atoms with Crippen LogP contribution in [0.2, 0.25) is 0 Å². The van der Waals surface area contributed by atoms with Gasteiger partial charge in [-0.2, -0.15) is 13.2 Å². The fourth-order valence-electron chi connectivity index (χ4n) is 3.02. The van der Waals surface area contributed by atoms with Crippen molar-refractivity contribution in [2.45, 2.75) is 104 Å². The van der Waals surface area contributed by atoms with Crippen LogP contribution in [-0.4, -0.2) is 6.18 Å². The third kappa shape index (κ3) is 7.40. The van der Waals surface area contributed by atoms with Crippen molar-refractivity contribution < 1.29 is 13.2 Å². The van der Waals surface area contributed by atoms with Crippen LogP contribution in [0.1, 0.15) is 98.4 Å². The Morgan fingerprint density at radius 2 is 0.581 bits per heavy atom. The second kappa shape index (κ2) is 9.00. The lowest BCUT2D eigenvalue weighted by Gasteiger charge is -2.29. The minimum absolute atomic E-state index is 0.0408. The lowest BCUT2D eigenvalue weighted by molar-refractivity contribution is -0.180. The molecule has 3 heteroatoms. The number of alkyl halides is 3. The van der Waals surface area contributed by atoms with Gasteiger partial charge in [0.1, 0.15) is 0 Å². The Morgan fingerprint density at radius 1 is 0.387 bits per heavy atom. The van der Waals surface area contributed by atoms with Gasteiger partial charge in [-0.3, -0.25) is 0 Å². The van der Waals surface area contributed by atoms with E-state index in [-0.39, 0.29) is 16.2 Å². The van der Waals surface area contributed by atoms with E-state index in [1.54, 1.807) is 24.3 Å². The summed E-state index contributed by atoms with van der Waals surface area (Å²) in [5, 5.41) is 0. The molecule has 0 aliphatic carbocycles. The van der Waals surface area contributed by atoms with E-state index in [0.29, 0.717) is 5.56 Å². The van der Waals surface area contributed by atoms with Crippen LogP contribution in [0.25, 0.3) is 0 Å². The van der Waals surface area contributed by atoms with Crippen molar-refractivity contribution in [3.63, 3.8) is 0 Å². The molecule has 0 aromatic heterocycles. The molecule has 0 fully saturated rings. The van der Waals surface area contributed by atoms with Crippen molar-refractivity contribution >= 4 is 0 Å². The van der Waals surface area contributed by atoms with Gasteiger partial charge in [-0.25, -0.2) is 0 Å². The van der Waals surface area contributed by atoms with Crippen LogP contribution in [-0.2, 0) is 21.7 Å². The summed E-state index contributed by atoms with van der Waals surface area (Å²) in [6, 6.07) is 15.7. The van der Waals surface area contributed by atoms with E-state index in [4.69, 9.17) is 0 Å². The van der Waals surface area contributed by atoms with E-state index in [0.717, 1.165) is 5.56 Å². The van der Waals surface area contributed by atoms with Gasteiger partial charge in [-0.15, -0.1) is 0 Å². The topological polar surface area (TPSA) is 0 Å². The summed E-state index contributed by atoms with van der Waals surface area (Å²) in [5.41, 5.74) is 2.84. The number of benzene rings is 2. The van der Waals surface area contributed by atoms with E-state index in [2.05, 4.69) is 65.8 Å². The number of rotatable bonds is 1. The van der Waals surface area contributed by atoms with E-state index >= 15 is 0 Å². The molecule has 0 atom stereocenters. The third-order valence-corrected chi connectivity index (χ3v) is 5.80. The summed E-state index contributed by atoms with van der Waals surface area (Å²) in [6.45, 7) is 22.0. The van der Waals surface area contributed by atoms with Gasteiger partial charge in [-0.05, 0) is 52.3 Å². The maximum Gasteiger partial charge on any atom is 0.397 e. The maximum absolute atomic E-state index is 12.9. The minimum atomic E-state index is -4.23. The third-order valence-electron chi connectivity index (χ3n) is 5.80. The van der Waals surface area contributed by atoms with Crippen LogP contribution < -0.4 is 0 Å². The fourth-order valence-corrected chi connectivity index (χ4v) is 3.02. The van der Waals surface area contributed by atoms with Gasteiger partial charge in [0.05, 0.1) is 5.41 Å². The van der Waals surface area contributed by atoms with Crippen molar-refractivity contribution in [1.82, 2.24) is 0 Å². The van der Waals surface area contributed by atoms with Crippen molar-refractivity contribution in [1.29, 1.82) is 0 Å². The normalized spacial score (nSPS) is 13.5. The minimum Gasteiger partial charge on any atom is -0.170 e. The monoisotopic (exact) mass is 434 g/mol. The van der Waals surface area contributed by atoms with Crippen LogP contribution >= 0.6 is 0 Å². The second-order valence-electron chi connectivity index (χ2n) is 12.0. The molecule has 0 aliphatic rings. The Bertz CT molecular complexity index is 784. The molecule has 0 unspecified atom stereocenters. The molecule has 0 saturated carbocycles. The number of hydrogen-bond donors (Lipinski definition) is 0. The Labute approximate surface area is 188 Å². The molecular weight excluding hydrogens is 393 g/mol. The zero-order valence-electron chi connectivity index (χ0n) is 21.3. The fraction of sp³-hybridized carbons (Fsp3) is 0.571. The highest BCUT2D eigenvalue weighted by Gasteiger charge is 2.48. The van der Waals surface area contributed by atoms with Gasteiger partial charge in [0.15, 0.2) is 0 Å². The van der Waals surface area contributed by atoms with Crippen molar-refractivity contribution in [2.75, 3.05) is 0 Å². The van der Waals surface area contributed by atoms with E-state index in [1.165, 1.54) is 25.0 Å². The Morgan fingerprint density at radius 3 is 0.742 bits per heavy atom. The zero-order valence-corrected chi connectivity index (χ0v) is 21.3. The average molecular weight is 435 g/mol. The molecule has 0 bridgehead atoms. The molecule has 174 valence electrons. The summed E-state index contributed by atoms with van der Waals surface area (Å²) in [5.74, 6) is 0. The molecular formula is C28H41F3. The largest absolute Gasteiger partial charge is 0.397 e. The molecule has 0 nitrogen and oxygen atoms in total. The Hall–Kier alpha value is -1.77. The molecule has 2 aromatic carbocycles. The van der Waals surface area contributed by atoms with Crippen molar-refractivity contribution in [3.8, 4) is 0 Å². The highest BCUT2D eigenvalue weighted by Crippen LogP contribution is 2.40. The molecule has 0 N–H and O–H groups in total. The van der Waals surface area contributed by atoms with Crippen LogP contribution in [0.3, 0.4) is 0 Å². The molecule has 0 aliphatic heterocycles. The van der Waals surface area contributed by atoms with Gasteiger partial charge in [0.2, 0.25) is 0 Å². The van der Waals surface area contributed by atoms with E-state index < -0.39 is 11.6 Å². The second-order valence-corrected chi connectivity index (χ2v) is 12.0. The average Bonchev–Trinajstić information content (AvgIpc) is 2.59. The van der Waals surface area contributed by atoms with Crippen molar-refractivity contribution in [3.05, 3.63) is 70.8 Å². The quantitative estimate of drug-likeness (QED) is 0.420. The van der Waals surface area contributed by atoms with Crippen LogP contribution in [0.4, 0.5) is 13.2 Å². The standard InChI is InChI=1S/C14H19F3.C14H22/c1-12(2,3)10-6-8-11(9-7-10)13(4,5)14(15,16)17;1-13(2,3)11-7-9-12(10-8-11)14(4,5)6/h6-9H,1-5H3;7-10H,1-6H3. The molecule has 31 heavy (non-hydrogen) atoms. The van der Waals surface area contributed by atoms with Gasteiger partial charge in [0, 0.05) is 0 Å². The lowest BCUT2D eigenvalue weighted by Crippen LogP contribution is -2.36. The lowest BCUT2D eigenvalue weighted by atomic mass is 9.81. The Kier molecular flexibility index (Phi) is 7.91. The molecule has 0 saturated heterocycles. The smallest absolute Gasteiger partial charge is 0.170 e. The van der Waals surface area contributed by atoms with Crippen LogP contribution in [0.5, 0.6) is 0 Å². The number of halogens is 3. The van der Waals surface area contributed by atoms with Crippen molar-refractivity contribution in [2.24, 2.45) is 0 Å². The highest BCUT2D eigenvalue weighted by molar-refractivity contribution is 5.33. The molecule has 0 spiro atoms. The summed E-state index contributed by atoms with van der Waals surface area (Å²) < 4.78 is 38.6. The Balaban J connectivity index is 0.000000316. The van der Waals surface area contributed by atoms with Gasteiger partial charge in [-0.1, -0.05) is 111 Å². The highest BCUT2D eigenvalue weighted by atomic mass is 19.4. The first-order valence-electron chi connectivity index (χ1n) is 11.0. The van der Waals surface area contributed by atoms with Gasteiger partial charge in [0.25, 0.3) is 0 Å².